The van der Waals surface area contributed by atoms with Crippen molar-refractivity contribution in [2.24, 2.45) is 5.92 Å². The maximum Gasteiger partial charge on any atom is 0.316 e. The summed E-state index contributed by atoms with van der Waals surface area (Å²) in [6.07, 6.45) is 0.154. The van der Waals surface area contributed by atoms with Gasteiger partial charge < -0.3 is 9.64 Å². The molecule has 2 aromatic carbocycles. The number of esters is 1. The first-order valence-electron chi connectivity index (χ1n) is 8.62. The van der Waals surface area contributed by atoms with Crippen molar-refractivity contribution in [2.75, 3.05) is 11.4 Å². The third-order valence-electron chi connectivity index (χ3n) is 4.54. The number of carbonyl (C=O) groups is 2. The van der Waals surface area contributed by atoms with Gasteiger partial charge in [-0.05, 0) is 47.4 Å². The quantitative estimate of drug-likeness (QED) is 0.585. The number of rotatable bonds is 3. The van der Waals surface area contributed by atoms with Gasteiger partial charge in [0, 0.05) is 23.7 Å². The van der Waals surface area contributed by atoms with Gasteiger partial charge in [-0.2, -0.15) is 0 Å². The van der Waals surface area contributed by atoms with Crippen LogP contribution >= 0.6 is 11.6 Å². The van der Waals surface area contributed by atoms with Crippen LogP contribution in [0, 0.1) is 5.92 Å². The van der Waals surface area contributed by atoms with Crippen molar-refractivity contribution in [3.8, 4) is 5.75 Å². The van der Waals surface area contributed by atoms with Crippen molar-refractivity contribution in [3.05, 3.63) is 59.1 Å². The second-order valence-electron chi connectivity index (χ2n) is 7.58. The molecule has 1 amide bonds. The van der Waals surface area contributed by atoms with Crippen LogP contribution in [-0.4, -0.2) is 18.4 Å². The highest BCUT2D eigenvalue weighted by molar-refractivity contribution is 6.30. The minimum Gasteiger partial charge on any atom is -0.426 e. The molecule has 1 aliphatic rings. The van der Waals surface area contributed by atoms with E-state index < -0.39 is 5.92 Å². The van der Waals surface area contributed by atoms with Crippen LogP contribution in [0.15, 0.2) is 48.5 Å². The van der Waals surface area contributed by atoms with E-state index in [0.717, 1.165) is 5.69 Å². The van der Waals surface area contributed by atoms with Crippen molar-refractivity contribution in [1.29, 1.82) is 0 Å². The molecule has 0 N–H and O–H groups in total. The Morgan fingerprint density at radius 1 is 1.08 bits per heavy atom. The van der Waals surface area contributed by atoms with Gasteiger partial charge in [0.15, 0.2) is 0 Å². The fraction of sp³-hybridized carbons (Fsp3) is 0.333. The second kappa shape index (κ2) is 7.12. The minimum atomic E-state index is -0.472. The Morgan fingerprint density at radius 3 is 2.27 bits per heavy atom. The highest BCUT2D eigenvalue weighted by atomic mass is 35.5. The first-order chi connectivity index (χ1) is 12.2. The Balaban J connectivity index is 1.65. The molecule has 0 saturated carbocycles. The molecule has 0 aromatic heterocycles. The van der Waals surface area contributed by atoms with Gasteiger partial charge >= 0.3 is 5.97 Å². The van der Waals surface area contributed by atoms with Crippen LogP contribution in [0.25, 0.3) is 0 Å². The van der Waals surface area contributed by atoms with Crippen LogP contribution in [0.2, 0.25) is 5.02 Å². The summed E-state index contributed by atoms with van der Waals surface area (Å²) in [6, 6.07) is 14.5. The van der Waals surface area contributed by atoms with Crippen molar-refractivity contribution in [3.63, 3.8) is 0 Å². The monoisotopic (exact) mass is 371 g/mol. The number of ether oxygens (including phenoxy) is 1. The molecule has 3 rings (SSSR count). The summed E-state index contributed by atoms with van der Waals surface area (Å²) in [7, 11) is 0. The highest BCUT2D eigenvalue weighted by Crippen LogP contribution is 2.28. The number of hydrogen-bond donors (Lipinski definition) is 0. The lowest BCUT2D eigenvalue weighted by Crippen LogP contribution is -2.27. The molecule has 1 atom stereocenters. The Kier molecular flexibility index (Phi) is 5.05. The fourth-order valence-electron chi connectivity index (χ4n) is 2.96. The van der Waals surface area contributed by atoms with E-state index in [1.54, 1.807) is 41.3 Å². The predicted molar refractivity (Wildman–Crippen MR) is 103 cm³/mol. The van der Waals surface area contributed by atoms with Crippen molar-refractivity contribution < 1.29 is 14.3 Å². The van der Waals surface area contributed by atoms with Gasteiger partial charge in [-0.15, -0.1) is 0 Å². The van der Waals surface area contributed by atoms with E-state index >= 15 is 0 Å². The van der Waals surface area contributed by atoms with Gasteiger partial charge in [0.25, 0.3) is 0 Å². The zero-order chi connectivity index (χ0) is 18.9. The number of amides is 1. The first kappa shape index (κ1) is 18.5. The minimum absolute atomic E-state index is 0.0412. The van der Waals surface area contributed by atoms with Crippen LogP contribution in [0.3, 0.4) is 0 Å². The summed E-state index contributed by atoms with van der Waals surface area (Å²) in [6.45, 7) is 6.70. The lowest BCUT2D eigenvalue weighted by molar-refractivity contribution is -0.139. The summed E-state index contributed by atoms with van der Waals surface area (Å²) in [5, 5.41) is 0.607. The van der Waals surface area contributed by atoms with Gasteiger partial charge in [0.2, 0.25) is 5.91 Å². The molecule has 0 bridgehead atoms. The molecule has 1 heterocycles. The number of carbonyl (C=O) groups excluding carboxylic acids is 2. The zero-order valence-electron chi connectivity index (χ0n) is 15.2. The molecule has 0 spiro atoms. The van der Waals surface area contributed by atoms with Crippen LogP contribution in [0.5, 0.6) is 5.75 Å². The van der Waals surface area contributed by atoms with Crippen LogP contribution < -0.4 is 9.64 Å². The maximum absolute atomic E-state index is 12.5. The molecule has 0 aliphatic carbocycles. The van der Waals surface area contributed by atoms with E-state index in [1.807, 2.05) is 12.1 Å². The summed E-state index contributed by atoms with van der Waals surface area (Å²) >= 11 is 5.89. The van der Waals surface area contributed by atoms with Gasteiger partial charge in [-0.3, -0.25) is 9.59 Å². The third-order valence-corrected chi connectivity index (χ3v) is 4.79. The topological polar surface area (TPSA) is 46.6 Å². The molecule has 1 fully saturated rings. The van der Waals surface area contributed by atoms with Gasteiger partial charge in [-0.1, -0.05) is 44.5 Å². The third kappa shape index (κ3) is 4.07. The molecule has 2 aromatic rings. The molecule has 4 nitrogen and oxygen atoms in total. The first-order valence-corrected chi connectivity index (χ1v) is 9.00. The van der Waals surface area contributed by atoms with Crippen LogP contribution in [-0.2, 0) is 15.0 Å². The lowest BCUT2D eigenvalue weighted by Gasteiger charge is -2.19. The van der Waals surface area contributed by atoms with E-state index in [-0.39, 0.29) is 23.7 Å². The molecule has 1 saturated heterocycles. The van der Waals surface area contributed by atoms with Crippen molar-refractivity contribution in [2.45, 2.75) is 32.6 Å². The average molecular weight is 372 g/mol. The number of hydrogen-bond acceptors (Lipinski definition) is 3. The summed E-state index contributed by atoms with van der Waals surface area (Å²) in [5.41, 5.74) is 1.95. The lowest BCUT2D eigenvalue weighted by atomic mass is 9.87. The number of nitrogens with zero attached hydrogens (tertiary/aromatic N) is 1. The normalized spacial score (nSPS) is 17.5. The Morgan fingerprint density at radius 2 is 1.69 bits per heavy atom. The van der Waals surface area contributed by atoms with E-state index in [9.17, 15) is 9.59 Å². The van der Waals surface area contributed by atoms with E-state index in [0.29, 0.717) is 17.3 Å². The molecule has 0 unspecified atom stereocenters. The molecule has 1 aliphatic heterocycles. The number of halogens is 1. The second-order valence-corrected chi connectivity index (χ2v) is 8.01. The zero-order valence-corrected chi connectivity index (χ0v) is 15.9. The number of anilines is 1. The van der Waals surface area contributed by atoms with Gasteiger partial charge in [0.1, 0.15) is 5.75 Å². The highest BCUT2D eigenvalue weighted by Gasteiger charge is 2.36. The van der Waals surface area contributed by atoms with Crippen molar-refractivity contribution >= 4 is 29.2 Å². The molecule has 136 valence electrons. The standard InChI is InChI=1S/C21H22ClNO3/c1-21(2,3)15-4-10-18(11-5-15)26-20(25)14-12-19(24)23(13-14)17-8-6-16(22)7-9-17/h4-11,14H,12-13H2,1-3H3/t14-/m0/s1. The molecule has 0 radical (unpaired) electrons. The maximum atomic E-state index is 12.5. The summed E-state index contributed by atoms with van der Waals surface area (Å²) in [5.74, 6) is -0.434. The molecular formula is C21H22ClNO3. The average Bonchev–Trinajstić information content (AvgIpc) is 2.97. The largest absolute Gasteiger partial charge is 0.426 e. The van der Waals surface area contributed by atoms with E-state index in [4.69, 9.17) is 16.3 Å². The number of benzene rings is 2. The van der Waals surface area contributed by atoms with Gasteiger partial charge in [-0.25, -0.2) is 0 Å². The Labute approximate surface area is 158 Å². The van der Waals surface area contributed by atoms with E-state index in [1.165, 1.54) is 5.56 Å². The van der Waals surface area contributed by atoms with Crippen molar-refractivity contribution in [1.82, 2.24) is 0 Å². The Hall–Kier alpha value is -2.33. The van der Waals surface area contributed by atoms with Crippen LogP contribution in [0.4, 0.5) is 5.69 Å². The fourth-order valence-corrected chi connectivity index (χ4v) is 3.08. The molecular weight excluding hydrogens is 350 g/mol. The summed E-state index contributed by atoms with van der Waals surface area (Å²) < 4.78 is 5.48. The van der Waals surface area contributed by atoms with Crippen LogP contribution in [0.1, 0.15) is 32.8 Å². The Bertz CT molecular complexity index is 807. The molecule has 5 heteroatoms. The summed E-state index contributed by atoms with van der Waals surface area (Å²) in [4.78, 5) is 26.3. The van der Waals surface area contributed by atoms with Gasteiger partial charge in [0.05, 0.1) is 5.92 Å². The predicted octanol–water partition coefficient (Wildman–Crippen LogP) is 4.60. The smallest absolute Gasteiger partial charge is 0.316 e. The SMILES string of the molecule is CC(C)(C)c1ccc(OC(=O)[C@H]2CC(=O)N(c3ccc(Cl)cc3)C2)cc1. The van der Waals surface area contributed by atoms with E-state index in [2.05, 4.69) is 20.8 Å². The molecule has 26 heavy (non-hydrogen) atoms.